The van der Waals surface area contributed by atoms with E-state index in [0.29, 0.717) is 0 Å². The number of thioether (sulfide) groups is 1. The highest BCUT2D eigenvalue weighted by Gasteiger charge is 2.19. The van der Waals surface area contributed by atoms with Crippen LogP contribution >= 0.6 is 11.8 Å². The molecule has 1 heteroatoms. The van der Waals surface area contributed by atoms with E-state index in [2.05, 4.69) is 43.0 Å². The van der Waals surface area contributed by atoms with E-state index in [9.17, 15) is 0 Å². The minimum Gasteiger partial charge on any atom is -0.149 e. The molecule has 11 heavy (non-hydrogen) atoms. The molecule has 1 aromatic carbocycles. The maximum absolute atomic E-state index is 2.27. The Labute approximate surface area is 72.0 Å². The molecule has 0 aliphatic carbocycles. The zero-order valence-electron chi connectivity index (χ0n) is 6.71. The highest BCUT2D eigenvalue weighted by atomic mass is 32.2. The predicted octanol–water partition coefficient (Wildman–Crippen LogP) is 3.38. The van der Waals surface area contributed by atoms with Crippen LogP contribution in [0.5, 0.6) is 0 Å². The van der Waals surface area contributed by atoms with Crippen LogP contribution in [0.15, 0.2) is 24.3 Å². The van der Waals surface area contributed by atoms with E-state index in [1.807, 2.05) is 0 Å². The summed E-state index contributed by atoms with van der Waals surface area (Å²) in [5, 5.41) is 0.770. The molecular weight excluding hydrogens is 152 g/mol. The first-order valence-corrected chi connectivity index (χ1v) is 5.16. The molecule has 1 heterocycles. The van der Waals surface area contributed by atoms with Crippen LogP contribution in [0.2, 0.25) is 0 Å². The zero-order chi connectivity index (χ0) is 7.68. The van der Waals surface area contributed by atoms with Gasteiger partial charge in [0, 0.05) is 11.0 Å². The average molecular weight is 164 g/mol. The fraction of sp³-hybridized carbons (Fsp3) is 0.400. The van der Waals surface area contributed by atoms with Gasteiger partial charge in [0.2, 0.25) is 0 Å². The largest absolute Gasteiger partial charge is 0.149 e. The summed E-state index contributed by atoms with van der Waals surface area (Å²) in [7, 11) is 0. The van der Waals surface area contributed by atoms with Crippen LogP contribution in [0.3, 0.4) is 0 Å². The van der Waals surface area contributed by atoms with E-state index in [1.54, 1.807) is 11.1 Å². The molecule has 2 rings (SSSR count). The molecule has 1 aromatic rings. The predicted molar refractivity (Wildman–Crippen MR) is 50.8 cm³/mol. The van der Waals surface area contributed by atoms with Gasteiger partial charge in [-0.15, -0.1) is 11.8 Å². The molecule has 1 aliphatic rings. The molecule has 0 fully saturated rings. The number of hydrogen-bond donors (Lipinski definition) is 0. The zero-order valence-corrected chi connectivity index (χ0v) is 7.53. The molecule has 0 saturated carbocycles. The van der Waals surface area contributed by atoms with Crippen molar-refractivity contribution in [1.82, 2.24) is 0 Å². The molecule has 1 aliphatic heterocycles. The SMILES string of the molecule is CC[C@@H]1SCc2ccccc21. The quantitative estimate of drug-likeness (QED) is 0.613. The minimum atomic E-state index is 0.770. The van der Waals surface area contributed by atoms with Crippen molar-refractivity contribution in [1.29, 1.82) is 0 Å². The second-order valence-electron chi connectivity index (χ2n) is 2.91. The van der Waals surface area contributed by atoms with Gasteiger partial charge in [-0.3, -0.25) is 0 Å². The molecule has 1 atom stereocenters. The van der Waals surface area contributed by atoms with Crippen LogP contribution in [0, 0.1) is 0 Å². The Balaban J connectivity index is 2.39. The van der Waals surface area contributed by atoms with Gasteiger partial charge in [-0.2, -0.15) is 0 Å². The van der Waals surface area contributed by atoms with Crippen molar-refractivity contribution in [3.05, 3.63) is 35.4 Å². The fourth-order valence-corrected chi connectivity index (χ4v) is 2.89. The topological polar surface area (TPSA) is 0 Å². The number of fused-ring (bicyclic) bond motifs is 1. The molecule has 0 radical (unpaired) electrons. The summed E-state index contributed by atoms with van der Waals surface area (Å²) in [4.78, 5) is 0. The number of hydrogen-bond acceptors (Lipinski definition) is 1. The van der Waals surface area contributed by atoms with Gasteiger partial charge in [-0.1, -0.05) is 31.2 Å². The van der Waals surface area contributed by atoms with Crippen molar-refractivity contribution in [3.8, 4) is 0 Å². The van der Waals surface area contributed by atoms with Crippen molar-refractivity contribution in [2.45, 2.75) is 24.3 Å². The van der Waals surface area contributed by atoms with Crippen molar-refractivity contribution in [2.24, 2.45) is 0 Å². The van der Waals surface area contributed by atoms with Crippen molar-refractivity contribution < 1.29 is 0 Å². The summed E-state index contributed by atoms with van der Waals surface area (Å²) in [6.45, 7) is 2.26. The highest BCUT2D eigenvalue weighted by molar-refractivity contribution is 7.99. The number of benzene rings is 1. The lowest BCUT2D eigenvalue weighted by molar-refractivity contribution is 0.904. The van der Waals surface area contributed by atoms with E-state index >= 15 is 0 Å². The van der Waals surface area contributed by atoms with Gasteiger partial charge >= 0.3 is 0 Å². The summed E-state index contributed by atoms with van der Waals surface area (Å²) in [6, 6.07) is 8.80. The molecule has 0 bridgehead atoms. The monoisotopic (exact) mass is 164 g/mol. The molecule has 0 N–H and O–H groups in total. The minimum absolute atomic E-state index is 0.770. The van der Waals surface area contributed by atoms with E-state index < -0.39 is 0 Å². The summed E-state index contributed by atoms with van der Waals surface area (Å²) in [6.07, 6.45) is 1.27. The maximum Gasteiger partial charge on any atom is 0.0301 e. The average Bonchev–Trinajstić information content (AvgIpc) is 2.47. The lowest BCUT2D eigenvalue weighted by Gasteiger charge is -2.05. The number of rotatable bonds is 1. The Morgan fingerprint density at radius 3 is 3.09 bits per heavy atom. The van der Waals surface area contributed by atoms with Crippen molar-refractivity contribution >= 4 is 11.8 Å². The first kappa shape index (κ1) is 7.23. The van der Waals surface area contributed by atoms with Crippen LogP contribution in [0.4, 0.5) is 0 Å². The van der Waals surface area contributed by atoms with Gasteiger partial charge in [0.05, 0.1) is 0 Å². The lowest BCUT2D eigenvalue weighted by atomic mass is 10.1. The summed E-state index contributed by atoms with van der Waals surface area (Å²) >= 11 is 2.07. The molecule has 0 spiro atoms. The van der Waals surface area contributed by atoms with Crippen molar-refractivity contribution in [2.75, 3.05) is 0 Å². The van der Waals surface area contributed by atoms with E-state index in [4.69, 9.17) is 0 Å². The third-order valence-corrected chi connectivity index (χ3v) is 3.68. The molecule has 0 amide bonds. The first-order valence-electron chi connectivity index (χ1n) is 4.11. The molecule has 0 nitrogen and oxygen atoms in total. The Morgan fingerprint density at radius 1 is 1.45 bits per heavy atom. The van der Waals surface area contributed by atoms with Crippen LogP contribution in [-0.4, -0.2) is 0 Å². The van der Waals surface area contributed by atoms with E-state index in [-0.39, 0.29) is 0 Å². The highest BCUT2D eigenvalue weighted by Crippen LogP contribution is 2.43. The third-order valence-electron chi connectivity index (χ3n) is 2.21. The maximum atomic E-state index is 2.27. The molecule has 0 aromatic heterocycles. The van der Waals surface area contributed by atoms with Crippen LogP contribution < -0.4 is 0 Å². The summed E-state index contributed by atoms with van der Waals surface area (Å²) in [5.41, 5.74) is 3.12. The fourth-order valence-electron chi connectivity index (χ4n) is 1.60. The Kier molecular flexibility index (Phi) is 1.91. The van der Waals surface area contributed by atoms with E-state index in [1.165, 1.54) is 12.2 Å². The van der Waals surface area contributed by atoms with Gasteiger partial charge < -0.3 is 0 Å². The molecular formula is C10H12S. The van der Waals surface area contributed by atoms with E-state index in [0.717, 1.165) is 5.25 Å². The normalized spacial score (nSPS) is 21.7. The third kappa shape index (κ3) is 1.18. The Bertz CT molecular complexity index is 255. The van der Waals surface area contributed by atoms with Crippen molar-refractivity contribution in [3.63, 3.8) is 0 Å². The van der Waals surface area contributed by atoms with Crippen LogP contribution in [0.1, 0.15) is 29.7 Å². The summed E-state index contributed by atoms with van der Waals surface area (Å²) < 4.78 is 0. The van der Waals surface area contributed by atoms with Crippen LogP contribution in [-0.2, 0) is 5.75 Å². The smallest absolute Gasteiger partial charge is 0.0301 e. The lowest BCUT2D eigenvalue weighted by Crippen LogP contribution is -1.86. The standard InChI is InChI=1S/C10H12S/c1-2-10-9-6-4-3-5-8(9)7-11-10/h3-6,10H,2,7H2,1H3/t10-/m0/s1. The molecule has 0 saturated heterocycles. The Hall–Kier alpha value is -0.430. The van der Waals surface area contributed by atoms with Gasteiger partial charge in [0.15, 0.2) is 0 Å². The van der Waals surface area contributed by atoms with Gasteiger partial charge in [-0.25, -0.2) is 0 Å². The second kappa shape index (κ2) is 2.90. The Morgan fingerprint density at radius 2 is 2.27 bits per heavy atom. The first-order chi connectivity index (χ1) is 5.42. The van der Waals surface area contributed by atoms with Gasteiger partial charge in [0.25, 0.3) is 0 Å². The van der Waals surface area contributed by atoms with Crippen LogP contribution in [0.25, 0.3) is 0 Å². The summed E-state index contributed by atoms with van der Waals surface area (Å²) in [5.74, 6) is 1.22. The second-order valence-corrected chi connectivity index (χ2v) is 4.10. The molecule has 58 valence electrons. The van der Waals surface area contributed by atoms with Gasteiger partial charge in [-0.05, 0) is 17.5 Å². The van der Waals surface area contributed by atoms with Gasteiger partial charge in [0.1, 0.15) is 0 Å². The molecule has 0 unspecified atom stereocenters.